The van der Waals surface area contributed by atoms with E-state index in [0.717, 1.165) is 0 Å². The summed E-state index contributed by atoms with van der Waals surface area (Å²) in [4.78, 5) is 24.2. The van der Waals surface area contributed by atoms with E-state index in [4.69, 9.17) is 17.3 Å². The van der Waals surface area contributed by atoms with Gasteiger partial charge in [0.05, 0.1) is 16.9 Å². The highest BCUT2D eigenvalue weighted by Crippen LogP contribution is 2.62. The number of carbonyl (C=O) groups excluding carboxylic acids is 2. The summed E-state index contributed by atoms with van der Waals surface area (Å²) in [6, 6.07) is 2.85. The number of ketones is 1. The maximum atomic E-state index is 12.5. The normalized spacial score (nSPS) is 31.8. The first kappa shape index (κ1) is 19.1. The molecule has 0 spiro atoms. The number of nitrogens with one attached hydrogen (secondary N) is 1. The first-order chi connectivity index (χ1) is 14.0. The largest absolute Gasteiger partial charge is 0.508 e. The summed E-state index contributed by atoms with van der Waals surface area (Å²) in [6.07, 6.45) is -0.157. The molecule has 9 nitrogen and oxygen atoms in total. The van der Waals surface area contributed by atoms with Crippen LogP contribution in [0.25, 0.3) is 11.3 Å². The van der Waals surface area contributed by atoms with Crippen molar-refractivity contribution in [2.24, 2.45) is 11.7 Å². The van der Waals surface area contributed by atoms with Crippen LogP contribution < -0.4 is 5.73 Å². The van der Waals surface area contributed by atoms with Gasteiger partial charge in [-0.05, 0) is 25.5 Å². The van der Waals surface area contributed by atoms with Crippen molar-refractivity contribution in [3.05, 3.63) is 45.3 Å². The number of nitrogens with two attached hydrogens (primary N) is 1. The fourth-order valence-electron chi connectivity index (χ4n) is 5.38. The predicted molar refractivity (Wildman–Crippen MR) is 103 cm³/mol. The number of H-pyrrole nitrogens is 1. The summed E-state index contributed by atoms with van der Waals surface area (Å²) in [7, 11) is 0. The minimum Gasteiger partial charge on any atom is -0.508 e. The monoisotopic (exact) mass is 431 g/mol. The topological polar surface area (TPSA) is 170 Å². The second kappa shape index (κ2) is 5.63. The van der Waals surface area contributed by atoms with Crippen molar-refractivity contribution in [3.8, 4) is 17.0 Å². The van der Waals surface area contributed by atoms with Gasteiger partial charge in [0.25, 0.3) is 5.91 Å². The number of carbonyl (C=O) groups is 2. The number of phenolic OH excluding ortho intramolecular Hbond substituents is 1. The molecule has 10 heteroatoms. The summed E-state index contributed by atoms with van der Waals surface area (Å²) < 4.78 is 0. The van der Waals surface area contributed by atoms with Gasteiger partial charge < -0.3 is 26.2 Å². The van der Waals surface area contributed by atoms with Gasteiger partial charge in [-0.2, -0.15) is 5.10 Å². The van der Waals surface area contributed by atoms with Crippen LogP contribution in [0.4, 0.5) is 0 Å². The van der Waals surface area contributed by atoms with Crippen LogP contribution in [-0.4, -0.2) is 42.3 Å². The Bertz CT molecular complexity index is 1200. The molecule has 0 aliphatic heterocycles. The fraction of sp³-hybridized carbons (Fsp3) is 0.350. The van der Waals surface area contributed by atoms with E-state index in [1.54, 1.807) is 6.92 Å². The Morgan fingerprint density at radius 1 is 1.33 bits per heavy atom. The number of benzene rings is 1. The molecule has 1 aromatic carbocycles. The van der Waals surface area contributed by atoms with E-state index in [9.17, 15) is 30.0 Å². The average Bonchev–Trinajstić information content (AvgIpc) is 3.09. The van der Waals surface area contributed by atoms with Crippen LogP contribution in [0.3, 0.4) is 0 Å². The molecule has 156 valence electrons. The van der Waals surface area contributed by atoms with Crippen molar-refractivity contribution in [1.82, 2.24) is 10.2 Å². The molecule has 1 aromatic heterocycles. The summed E-state index contributed by atoms with van der Waals surface area (Å²) in [5.41, 5.74) is 2.15. The lowest BCUT2D eigenvalue weighted by Gasteiger charge is -2.49. The Balaban J connectivity index is 1.86. The van der Waals surface area contributed by atoms with E-state index in [0.29, 0.717) is 11.1 Å². The number of aliphatic hydroxyl groups excluding tert-OH is 1. The van der Waals surface area contributed by atoms with Gasteiger partial charge in [-0.15, -0.1) is 0 Å². The SMILES string of the molecule is C[C@@]1(O)c2c(Cl)ccc(O)c2-c2n[nH]c3c2C1CC1CC(=O)C(C(N)=O)=C(O)[C@@]31O. The van der Waals surface area contributed by atoms with Crippen LogP contribution in [0.1, 0.15) is 42.5 Å². The van der Waals surface area contributed by atoms with Crippen molar-refractivity contribution >= 4 is 23.3 Å². The van der Waals surface area contributed by atoms with Crippen molar-refractivity contribution in [1.29, 1.82) is 0 Å². The molecular formula is C20H18ClN3O6. The summed E-state index contributed by atoms with van der Waals surface area (Å²) in [5, 5.41) is 51.5. The lowest BCUT2D eigenvalue weighted by Crippen LogP contribution is -2.51. The molecule has 7 N–H and O–H groups in total. The Hall–Kier alpha value is -2.88. The van der Waals surface area contributed by atoms with E-state index < -0.39 is 46.1 Å². The molecule has 2 unspecified atom stereocenters. The Morgan fingerprint density at radius 2 is 2.03 bits per heavy atom. The number of nitrogens with zero attached hydrogens (tertiary/aromatic N) is 1. The molecule has 3 aliphatic rings. The number of hydrogen-bond acceptors (Lipinski definition) is 7. The predicted octanol–water partition coefficient (Wildman–Crippen LogP) is 1.22. The van der Waals surface area contributed by atoms with E-state index in [2.05, 4.69) is 10.2 Å². The quantitative estimate of drug-likeness (QED) is 0.368. The third-order valence-corrected chi connectivity index (χ3v) is 7.07. The van der Waals surface area contributed by atoms with Crippen LogP contribution in [0.2, 0.25) is 5.02 Å². The maximum Gasteiger partial charge on any atom is 0.255 e. The molecule has 30 heavy (non-hydrogen) atoms. The lowest BCUT2D eigenvalue weighted by molar-refractivity contribution is -0.130. The van der Waals surface area contributed by atoms with Crippen LogP contribution >= 0.6 is 11.6 Å². The zero-order chi connectivity index (χ0) is 21.7. The van der Waals surface area contributed by atoms with Gasteiger partial charge in [0.2, 0.25) is 0 Å². The Morgan fingerprint density at radius 3 is 2.70 bits per heavy atom. The number of hydrogen-bond donors (Lipinski definition) is 6. The molecule has 0 fully saturated rings. The molecular weight excluding hydrogens is 414 g/mol. The van der Waals surface area contributed by atoms with Gasteiger partial charge in [0.1, 0.15) is 22.8 Å². The first-order valence-electron chi connectivity index (χ1n) is 9.33. The van der Waals surface area contributed by atoms with Crippen molar-refractivity contribution in [2.45, 2.75) is 36.9 Å². The molecule has 0 radical (unpaired) electrons. The minimum atomic E-state index is -2.11. The second-order valence-electron chi connectivity index (χ2n) is 8.29. The highest BCUT2D eigenvalue weighted by atomic mass is 35.5. The number of amides is 1. The highest BCUT2D eigenvalue weighted by molar-refractivity contribution is 6.32. The van der Waals surface area contributed by atoms with Crippen LogP contribution in [-0.2, 0) is 20.8 Å². The second-order valence-corrected chi connectivity index (χ2v) is 8.70. The molecule has 1 amide bonds. The smallest absolute Gasteiger partial charge is 0.255 e. The third kappa shape index (κ3) is 2.02. The number of primary amides is 1. The standard InChI is InChI=1S/C20H18ClN3O6/c1-19(29)7-4-6-5-10(26)13(18(22)28)17(27)20(6,30)16-11(7)15(23-24-16)12-9(25)3-2-8(21)14(12)19/h2-3,6-7,25,27,29-30H,4-5H2,1H3,(H2,22,28)(H,23,24)/t6?,7?,19-,20-/m0/s1. The summed E-state index contributed by atoms with van der Waals surface area (Å²) in [6.45, 7) is 1.54. The summed E-state index contributed by atoms with van der Waals surface area (Å²) >= 11 is 6.37. The maximum absolute atomic E-state index is 12.5. The van der Waals surface area contributed by atoms with Gasteiger partial charge in [-0.1, -0.05) is 11.6 Å². The molecule has 2 aromatic rings. The number of rotatable bonds is 1. The van der Waals surface area contributed by atoms with E-state index in [1.807, 2.05) is 0 Å². The van der Waals surface area contributed by atoms with Gasteiger partial charge >= 0.3 is 0 Å². The molecule has 5 rings (SSSR count). The van der Waals surface area contributed by atoms with E-state index in [1.165, 1.54) is 12.1 Å². The van der Waals surface area contributed by atoms with Gasteiger partial charge in [-0.3, -0.25) is 14.7 Å². The lowest BCUT2D eigenvalue weighted by atomic mass is 9.57. The Kier molecular flexibility index (Phi) is 3.58. The van der Waals surface area contributed by atoms with Crippen molar-refractivity contribution in [3.63, 3.8) is 0 Å². The number of Topliss-reactive ketones (excluding diaryl/α,β-unsaturated/α-hetero) is 1. The van der Waals surface area contributed by atoms with Gasteiger partial charge in [0.15, 0.2) is 11.4 Å². The number of fused-ring (bicyclic) bond motifs is 4. The van der Waals surface area contributed by atoms with Gasteiger partial charge in [0, 0.05) is 34.4 Å². The number of aromatic hydroxyl groups is 1. The highest BCUT2D eigenvalue weighted by Gasteiger charge is 2.61. The number of aromatic amines is 1. The van der Waals surface area contributed by atoms with E-state index >= 15 is 0 Å². The number of aliphatic hydroxyl groups is 3. The summed E-state index contributed by atoms with van der Waals surface area (Å²) in [5.74, 6) is -4.29. The van der Waals surface area contributed by atoms with Crippen LogP contribution in [0.15, 0.2) is 23.5 Å². The van der Waals surface area contributed by atoms with Crippen molar-refractivity contribution < 1.29 is 30.0 Å². The first-order valence-corrected chi connectivity index (χ1v) is 9.71. The van der Waals surface area contributed by atoms with Crippen LogP contribution in [0.5, 0.6) is 5.75 Å². The van der Waals surface area contributed by atoms with E-state index in [-0.39, 0.29) is 40.6 Å². The number of phenols is 1. The Labute approximate surface area is 174 Å². The number of halogens is 1. The minimum absolute atomic E-state index is 0.0489. The fourth-order valence-corrected chi connectivity index (χ4v) is 5.73. The molecule has 3 aliphatic carbocycles. The van der Waals surface area contributed by atoms with Crippen LogP contribution in [0, 0.1) is 5.92 Å². The number of aromatic nitrogens is 2. The molecule has 0 saturated heterocycles. The van der Waals surface area contributed by atoms with Gasteiger partial charge in [-0.25, -0.2) is 0 Å². The molecule has 0 bridgehead atoms. The zero-order valence-corrected chi connectivity index (χ0v) is 16.5. The molecule has 0 saturated carbocycles. The molecule has 1 heterocycles. The third-order valence-electron chi connectivity index (χ3n) is 6.75. The molecule has 4 atom stereocenters. The zero-order valence-electron chi connectivity index (χ0n) is 15.7. The van der Waals surface area contributed by atoms with Crippen molar-refractivity contribution in [2.75, 3.05) is 0 Å². The average molecular weight is 432 g/mol.